The van der Waals surface area contributed by atoms with Gasteiger partial charge in [-0.05, 0) is 44.5 Å². The Labute approximate surface area is 184 Å². The number of aryl methyl sites for hydroxylation is 1. The van der Waals surface area contributed by atoms with Crippen molar-refractivity contribution in [1.29, 1.82) is 0 Å². The fraction of sp³-hybridized carbons (Fsp3) is 0.292. The van der Waals surface area contributed by atoms with Crippen LogP contribution in [-0.2, 0) is 11.2 Å². The molecule has 0 spiro atoms. The van der Waals surface area contributed by atoms with Crippen molar-refractivity contribution < 1.29 is 9.59 Å². The summed E-state index contributed by atoms with van der Waals surface area (Å²) in [4.78, 5) is 39.3. The van der Waals surface area contributed by atoms with Gasteiger partial charge in [-0.2, -0.15) is 4.52 Å². The van der Waals surface area contributed by atoms with E-state index < -0.39 is 5.66 Å². The van der Waals surface area contributed by atoms with Crippen molar-refractivity contribution in [2.45, 2.75) is 38.8 Å². The number of aromatic nitrogens is 4. The van der Waals surface area contributed by atoms with Crippen molar-refractivity contribution in [3.05, 3.63) is 65.7 Å². The van der Waals surface area contributed by atoms with Crippen LogP contribution in [0.3, 0.4) is 0 Å². The maximum Gasteiger partial charge on any atom is 0.257 e. The van der Waals surface area contributed by atoms with Gasteiger partial charge in [0.1, 0.15) is 17.3 Å². The molecule has 4 aromatic rings. The van der Waals surface area contributed by atoms with Gasteiger partial charge in [-0.25, -0.2) is 9.97 Å². The number of carbonyl (C=O) groups is 2. The van der Waals surface area contributed by atoms with Crippen molar-refractivity contribution in [3.8, 4) is 0 Å². The predicted molar refractivity (Wildman–Crippen MR) is 119 cm³/mol. The molecule has 2 aromatic heterocycles. The van der Waals surface area contributed by atoms with Crippen molar-refractivity contribution in [3.63, 3.8) is 0 Å². The fourth-order valence-corrected chi connectivity index (χ4v) is 5.13. The van der Waals surface area contributed by atoms with E-state index in [2.05, 4.69) is 10.1 Å². The quantitative estimate of drug-likeness (QED) is 0.503. The minimum absolute atomic E-state index is 0.0515. The normalized spacial score (nSPS) is 20.3. The van der Waals surface area contributed by atoms with Gasteiger partial charge in [-0.1, -0.05) is 24.3 Å². The summed E-state index contributed by atoms with van der Waals surface area (Å²) in [7, 11) is 0. The molecular weight excluding hydrogens is 404 g/mol. The Kier molecular flexibility index (Phi) is 3.90. The zero-order valence-corrected chi connectivity index (χ0v) is 17.9. The second-order valence-electron chi connectivity index (χ2n) is 8.61. The van der Waals surface area contributed by atoms with Gasteiger partial charge in [0, 0.05) is 24.8 Å². The van der Waals surface area contributed by atoms with Crippen LogP contribution in [-0.4, -0.2) is 48.5 Å². The first kappa shape index (κ1) is 18.9. The summed E-state index contributed by atoms with van der Waals surface area (Å²) in [6.07, 6.45) is 1.53. The number of benzene rings is 2. The summed E-state index contributed by atoms with van der Waals surface area (Å²) in [6.45, 7) is 4.27. The number of fused-ring (bicyclic) bond motifs is 6. The van der Waals surface area contributed by atoms with Gasteiger partial charge >= 0.3 is 0 Å². The number of hydrogen-bond donors (Lipinski definition) is 0. The van der Waals surface area contributed by atoms with E-state index in [1.54, 1.807) is 15.5 Å². The molecule has 4 heterocycles. The van der Waals surface area contributed by atoms with E-state index in [1.165, 1.54) is 0 Å². The smallest absolute Gasteiger partial charge is 0.257 e. The summed E-state index contributed by atoms with van der Waals surface area (Å²) >= 11 is 0. The molecule has 160 valence electrons. The molecule has 1 saturated heterocycles. The topological polar surface area (TPSA) is 83.7 Å². The first-order chi connectivity index (χ1) is 15.5. The molecule has 0 radical (unpaired) electrons. The lowest BCUT2D eigenvalue weighted by molar-refractivity contribution is -0.117. The standard InChI is InChI=1S/C24H22N6O2/c1-15-25-22-16-7-3-5-9-18(16)26-20(30(22)27-15)12-14-28-23(32)17-8-4-6-10-19(17)29-21(31)11-13-24(28,29)2/h3-10H,11-14H2,1-2H3/t24-/m0/s1. The lowest BCUT2D eigenvalue weighted by Gasteiger charge is -2.48. The highest BCUT2D eigenvalue weighted by atomic mass is 16.2. The number of hydrogen-bond acceptors (Lipinski definition) is 5. The maximum atomic E-state index is 13.5. The van der Waals surface area contributed by atoms with E-state index in [0.29, 0.717) is 42.9 Å². The van der Waals surface area contributed by atoms with Crippen LogP contribution in [0.4, 0.5) is 5.69 Å². The van der Waals surface area contributed by atoms with E-state index in [-0.39, 0.29) is 11.8 Å². The van der Waals surface area contributed by atoms with Crippen LogP contribution in [0, 0.1) is 6.92 Å². The van der Waals surface area contributed by atoms with Crippen molar-refractivity contribution >= 4 is 34.1 Å². The first-order valence-electron chi connectivity index (χ1n) is 10.8. The molecule has 0 bridgehead atoms. The van der Waals surface area contributed by atoms with E-state index in [4.69, 9.17) is 4.98 Å². The van der Waals surface area contributed by atoms with E-state index in [0.717, 1.165) is 22.4 Å². The van der Waals surface area contributed by atoms with E-state index >= 15 is 0 Å². The van der Waals surface area contributed by atoms with Crippen LogP contribution in [0.5, 0.6) is 0 Å². The molecule has 0 aliphatic carbocycles. The Morgan fingerprint density at radius 2 is 1.81 bits per heavy atom. The van der Waals surface area contributed by atoms with Crippen LogP contribution in [0.25, 0.3) is 16.6 Å². The summed E-state index contributed by atoms with van der Waals surface area (Å²) in [6, 6.07) is 15.2. The van der Waals surface area contributed by atoms with Crippen LogP contribution >= 0.6 is 0 Å². The van der Waals surface area contributed by atoms with Gasteiger partial charge in [0.25, 0.3) is 5.91 Å². The molecule has 0 unspecified atom stereocenters. The molecule has 1 fully saturated rings. The average Bonchev–Trinajstić information content (AvgIpc) is 3.33. The lowest BCUT2D eigenvalue weighted by atomic mass is 9.98. The Balaban J connectivity index is 1.42. The Morgan fingerprint density at radius 3 is 2.69 bits per heavy atom. The van der Waals surface area contributed by atoms with E-state index in [9.17, 15) is 9.59 Å². The Morgan fingerprint density at radius 1 is 1.03 bits per heavy atom. The molecule has 0 saturated carbocycles. The lowest BCUT2D eigenvalue weighted by Crippen LogP contribution is -2.62. The van der Waals surface area contributed by atoms with Gasteiger partial charge < -0.3 is 4.90 Å². The SMILES string of the molecule is Cc1nc2c3ccccc3nc(CCN3C(=O)c4ccccc4N4C(=O)CC[C@@]34C)n2n1. The molecular formula is C24H22N6O2. The average molecular weight is 426 g/mol. The fourth-order valence-electron chi connectivity index (χ4n) is 5.13. The molecule has 32 heavy (non-hydrogen) atoms. The Bertz CT molecular complexity index is 1430. The van der Waals surface area contributed by atoms with Gasteiger partial charge in [-0.15, -0.1) is 5.10 Å². The van der Waals surface area contributed by atoms with Gasteiger partial charge in [0.2, 0.25) is 5.91 Å². The molecule has 1 atom stereocenters. The minimum Gasteiger partial charge on any atom is -0.315 e. The summed E-state index contributed by atoms with van der Waals surface area (Å²) in [5, 5.41) is 5.50. The van der Waals surface area contributed by atoms with E-state index in [1.807, 2.05) is 61.2 Å². The van der Waals surface area contributed by atoms with Crippen LogP contribution in [0.2, 0.25) is 0 Å². The molecule has 8 nitrogen and oxygen atoms in total. The highest BCUT2D eigenvalue weighted by Crippen LogP contribution is 2.43. The highest BCUT2D eigenvalue weighted by molar-refractivity contribution is 6.10. The molecule has 2 aliphatic rings. The summed E-state index contributed by atoms with van der Waals surface area (Å²) in [5.41, 5.74) is 2.20. The third-order valence-electron chi connectivity index (χ3n) is 6.66. The second kappa shape index (κ2) is 6.59. The number of amides is 2. The van der Waals surface area contributed by atoms with Crippen LogP contribution < -0.4 is 4.90 Å². The van der Waals surface area contributed by atoms with Gasteiger partial charge in [0.15, 0.2) is 5.65 Å². The third kappa shape index (κ3) is 2.52. The van der Waals surface area contributed by atoms with Crippen LogP contribution in [0.15, 0.2) is 48.5 Å². The van der Waals surface area contributed by atoms with Gasteiger partial charge in [-0.3, -0.25) is 14.5 Å². The molecule has 2 aromatic carbocycles. The zero-order valence-electron chi connectivity index (χ0n) is 17.9. The largest absolute Gasteiger partial charge is 0.315 e. The molecule has 2 aliphatic heterocycles. The number of carbonyl (C=O) groups excluding carboxylic acids is 2. The second-order valence-corrected chi connectivity index (χ2v) is 8.61. The highest BCUT2D eigenvalue weighted by Gasteiger charge is 2.52. The third-order valence-corrected chi connectivity index (χ3v) is 6.66. The number of anilines is 1. The van der Waals surface area contributed by atoms with Crippen molar-refractivity contribution in [2.24, 2.45) is 0 Å². The first-order valence-corrected chi connectivity index (χ1v) is 10.8. The summed E-state index contributed by atoms with van der Waals surface area (Å²) in [5.74, 6) is 1.41. The van der Waals surface area contributed by atoms with Crippen molar-refractivity contribution in [2.75, 3.05) is 11.4 Å². The number of para-hydroxylation sites is 2. The monoisotopic (exact) mass is 426 g/mol. The minimum atomic E-state index is -0.684. The summed E-state index contributed by atoms with van der Waals surface area (Å²) < 4.78 is 1.78. The molecule has 0 N–H and O–H groups in total. The zero-order chi connectivity index (χ0) is 22.0. The van der Waals surface area contributed by atoms with Crippen LogP contribution in [0.1, 0.15) is 41.8 Å². The van der Waals surface area contributed by atoms with Crippen molar-refractivity contribution in [1.82, 2.24) is 24.5 Å². The van der Waals surface area contributed by atoms with Gasteiger partial charge in [0.05, 0.1) is 16.8 Å². The molecule has 6 rings (SSSR count). The maximum absolute atomic E-state index is 13.5. The Hall–Kier alpha value is -3.81. The molecule has 2 amide bonds. The number of nitrogens with zero attached hydrogens (tertiary/aromatic N) is 6. The molecule has 8 heteroatoms. The number of rotatable bonds is 3. The predicted octanol–water partition coefficient (Wildman–Crippen LogP) is 3.13.